The van der Waals surface area contributed by atoms with Gasteiger partial charge >= 0.3 is 0 Å². The molecule has 3 heteroatoms. The Hall–Kier alpha value is -0.540. The molecule has 1 N–H and O–H groups in total. The van der Waals surface area contributed by atoms with Gasteiger partial charge in [0, 0.05) is 19.8 Å². The highest BCUT2D eigenvalue weighted by Gasteiger charge is 2.07. The van der Waals surface area contributed by atoms with Gasteiger partial charge in [0.15, 0.2) is 0 Å². The molecule has 0 aromatic carbocycles. The molecule has 1 rings (SSSR count). The normalized spacial score (nSPS) is 20.5. The maximum absolute atomic E-state index is 8.58. The van der Waals surface area contributed by atoms with Crippen LogP contribution in [0.3, 0.4) is 0 Å². The van der Waals surface area contributed by atoms with Crippen molar-refractivity contribution in [3.8, 4) is 0 Å². The van der Waals surface area contributed by atoms with Crippen LogP contribution >= 0.6 is 0 Å². The molecule has 1 heterocycles. The average Bonchev–Trinajstić information content (AvgIpc) is 2.14. The molecule has 0 unspecified atom stereocenters. The van der Waals surface area contributed by atoms with Gasteiger partial charge in [-0.05, 0) is 0 Å². The van der Waals surface area contributed by atoms with E-state index >= 15 is 0 Å². The van der Waals surface area contributed by atoms with E-state index in [1.54, 1.807) is 5.01 Å². The molecular formula is C5H10N2O. The average molecular weight is 114 g/mol. The Morgan fingerprint density at radius 2 is 2.50 bits per heavy atom. The molecule has 0 spiro atoms. The summed E-state index contributed by atoms with van der Waals surface area (Å²) in [4.78, 5) is 0. The van der Waals surface area contributed by atoms with Crippen LogP contribution in [0.4, 0.5) is 0 Å². The molecule has 1 aliphatic rings. The second kappa shape index (κ2) is 2.15. The van der Waals surface area contributed by atoms with Crippen molar-refractivity contribution in [2.24, 2.45) is 0 Å². The Morgan fingerprint density at radius 1 is 1.75 bits per heavy atom. The lowest BCUT2D eigenvalue weighted by Gasteiger charge is -2.21. The Balaban J connectivity index is 2.38. The summed E-state index contributed by atoms with van der Waals surface area (Å²) in [5, 5.41) is 12.2. The molecule has 0 atom stereocenters. The summed E-state index contributed by atoms with van der Waals surface area (Å²) < 4.78 is 0. The first-order valence-electron chi connectivity index (χ1n) is 2.60. The van der Waals surface area contributed by atoms with Crippen molar-refractivity contribution in [2.75, 3.05) is 20.3 Å². The molecule has 0 radical (unpaired) electrons. The van der Waals surface area contributed by atoms with Gasteiger partial charge in [0.2, 0.25) is 0 Å². The number of hydrogen-bond acceptors (Lipinski definition) is 3. The highest BCUT2D eigenvalue weighted by atomic mass is 16.3. The topological polar surface area (TPSA) is 26.7 Å². The Kier molecular flexibility index (Phi) is 1.50. The Morgan fingerprint density at radius 3 is 2.75 bits per heavy atom. The second-order valence-corrected chi connectivity index (χ2v) is 1.79. The molecule has 8 heavy (non-hydrogen) atoms. The third-order valence-electron chi connectivity index (χ3n) is 1.25. The molecular weight excluding hydrogens is 104 g/mol. The fourth-order valence-corrected chi connectivity index (χ4v) is 0.702. The first-order chi connectivity index (χ1) is 3.84. The second-order valence-electron chi connectivity index (χ2n) is 1.79. The summed E-state index contributed by atoms with van der Waals surface area (Å²) in [6.07, 6.45) is 3.92. The van der Waals surface area contributed by atoms with Crippen LogP contribution in [0, 0.1) is 0 Å². The van der Waals surface area contributed by atoms with Crippen molar-refractivity contribution >= 4 is 0 Å². The van der Waals surface area contributed by atoms with Crippen molar-refractivity contribution in [3.05, 3.63) is 12.3 Å². The minimum Gasteiger partial charge on any atom is -0.379 e. The standard InChI is InChI=1S/C5H10N2O/c1-6-3-2-4-7(6)5-8/h2-3,8H,4-5H2,1H3. The summed E-state index contributed by atoms with van der Waals surface area (Å²) in [5.41, 5.74) is 0. The number of aliphatic hydroxyl groups is 1. The number of hydrogen-bond donors (Lipinski definition) is 1. The van der Waals surface area contributed by atoms with Gasteiger partial charge in [-0.15, -0.1) is 0 Å². The maximum Gasteiger partial charge on any atom is 0.113 e. The number of rotatable bonds is 1. The SMILES string of the molecule is CN1C=CCN1CO. The lowest BCUT2D eigenvalue weighted by Crippen LogP contribution is -2.32. The van der Waals surface area contributed by atoms with Gasteiger partial charge < -0.3 is 10.1 Å². The number of nitrogens with zero attached hydrogens (tertiary/aromatic N) is 2. The van der Waals surface area contributed by atoms with Crippen molar-refractivity contribution in [1.29, 1.82) is 0 Å². The zero-order valence-electron chi connectivity index (χ0n) is 4.91. The summed E-state index contributed by atoms with van der Waals surface area (Å²) in [7, 11) is 1.90. The maximum atomic E-state index is 8.58. The van der Waals surface area contributed by atoms with E-state index < -0.39 is 0 Å². The minimum atomic E-state index is 0.101. The monoisotopic (exact) mass is 114 g/mol. The van der Waals surface area contributed by atoms with E-state index in [1.807, 2.05) is 24.3 Å². The summed E-state index contributed by atoms with van der Waals surface area (Å²) >= 11 is 0. The highest BCUT2D eigenvalue weighted by Crippen LogP contribution is 2.01. The molecule has 46 valence electrons. The van der Waals surface area contributed by atoms with Gasteiger partial charge in [0.25, 0.3) is 0 Å². The summed E-state index contributed by atoms with van der Waals surface area (Å²) in [6.45, 7) is 0.927. The quantitative estimate of drug-likeness (QED) is 0.503. The van der Waals surface area contributed by atoms with Gasteiger partial charge in [0.1, 0.15) is 6.73 Å². The molecule has 0 saturated heterocycles. The third kappa shape index (κ3) is 0.827. The number of aliphatic hydroxyl groups excluding tert-OH is 1. The predicted molar refractivity (Wildman–Crippen MR) is 30.7 cm³/mol. The van der Waals surface area contributed by atoms with Crippen LogP contribution < -0.4 is 0 Å². The van der Waals surface area contributed by atoms with E-state index in [4.69, 9.17) is 5.11 Å². The van der Waals surface area contributed by atoms with Crippen LogP contribution in [0.25, 0.3) is 0 Å². The van der Waals surface area contributed by atoms with Gasteiger partial charge in [-0.1, -0.05) is 6.08 Å². The Bertz CT molecular complexity index is 103. The van der Waals surface area contributed by atoms with Crippen molar-refractivity contribution in [1.82, 2.24) is 10.0 Å². The van der Waals surface area contributed by atoms with Gasteiger partial charge in [-0.25, -0.2) is 0 Å². The van der Waals surface area contributed by atoms with Crippen LogP contribution in [-0.2, 0) is 0 Å². The molecule has 3 nitrogen and oxygen atoms in total. The number of hydrazine groups is 1. The third-order valence-corrected chi connectivity index (χ3v) is 1.25. The van der Waals surface area contributed by atoms with E-state index in [-0.39, 0.29) is 6.73 Å². The molecule has 1 aliphatic heterocycles. The molecule has 0 bridgehead atoms. The summed E-state index contributed by atoms with van der Waals surface area (Å²) in [6, 6.07) is 0. The molecule has 0 aliphatic carbocycles. The van der Waals surface area contributed by atoms with E-state index in [0.29, 0.717) is 0 Å². The zero-order valence-corrected chi connectivity index (χ0v) is 4.91. The first-order valence-corrected chi connectivity index (χ1v) is 2.60. The van der Waals surface area contributed by atoms with Crippen LogP contribution in [0.2, 0.25) is 0 Å². The Labute approximate surface area is 48.8 Å². The predicted octanol–water partition coefficient (Wildman–Crippen LogP) is -0.388. The van der Waals surface area contributed by atoms with Crippen LogP contribution in [0.15, 0.2) is 12.3 Å². The lowest BCUT2D eigenvalue weighted by atomic mass is 10.6. The molecule has 0 fully saturated rings. The molecule has 0 amide bonds. The van der Waals surface area contributed by atoms with E-state index in [0.717, 1.165) is 6.54 Å². The highest BCUT2D eigenvalue weighted by molar-refractivity contribution is 4.88. The van der Waals surface area contributed by atoms with Crippen LogP contribution in [0.5, 0.6) is 0 Å². The fraction of sp³-hybridized carbons (Fsp3) is 0.600. The van der Waals surface area contributed by atoms with Crippen molar-refractivity contribution in [3.63, 3.8) is 0 Å². The lowest BCUT2D eigenvalue weighted by molar-refractivity contribution is -0.00779. The van der Waals surface area contributed by atoms with Gasteiger partial charge in [0.05, 0.1) is 0 Å². The largest absolute Gasteiger partial charge is 0.379 e. The van der Waals surface area contributed by atoms with Crippen molar-refractivity contribution < 1.29 is 5.11 Å². The van der Waals surface area contributed by atoms with Gasteiger partial charge in [-0.2, -0.15) is 5.01 Å². The van der Waals surface area contributed by atoms with E-state index in [1.165, 1.54) is 0 Å². The molecule has 0 saturated carbocycles. The van der Waals surface area contributed by atoms with E-state index in [2.05, 4.69) is 0 Å². The van der Waals surface area contributed by atoms with E-state index in [9.17, 15) is 0 Å². The minimum absolute atomic E-state index is 0.101. The molecule has 0 aromatic rings. The van der Waals surface area contributed by atoms with Gasteiger partial charge in [-0.3, -0.25) is 0 Å². The van der Waals surface area contributed by atoms with Crippen LogP contribution in [-0.4, -0.2) is 35.4 Å². The smallest absolute Gasteiger partial charge is 0.113 e. The van der Waals surface area contributed by atoms with Crippen LogP contribution in [0.1, 0.15) is 0 Å². The van der Waals surface area contributed by atoms with Crippen molar-refractivity contribution in [2.45, 2.75) is 0 Å². The first kappa shape index (κ1) is 5.59. The zero-order chi connectivity index (χ0) is 5.98. The summed E-state index contributed by atoms with van der Waals surface area (Å²) in [5.74, 6) is 0. The fourth-order valence-electron chi connectivity index (χ4n) is 0.702. The molecule has 0 aromatic heterocycles.